The number of carbonyl (C=O) groups excluding carboxylic acids is 1. The van der Waals surface area contributed by atoms with Gasteiger partial charge in [0.05, 0.1) is 17.9 Å². The molecule has 0 unspecified atom stereocenters. The molecular weight excluding hydrogens is 345 g/mol. The van der Waals surface area contributed by atoms with E-state index in [1.807, 2.05) is 24.5 Å². The third kappa shape index (κ3) is 3.74. The highest BCUT2D eigenvalue weighted by atomic mass is 35.5. The van der Waals surface area contributed by atoms with Crippen LogP contribution in [0.2, 0.25) is 10.0 Å². The second-order valence-corrected chi connectivity index (χ2v) is 6.55. The summed E-state index contributed by atoms with van der Waals surface area (Å²) in [6.45, 7) is 4.03. The van der Waals surface area contributed by atoms with Gasteiger partial charge in [-0.25, -0.2) is 0 Å². The van der Waals surface area contributed by atoms with Gasteiger partial charge in [0.2, 0.25) is 0 Å². The predicted molar refractivity (Wildman–Crippen MR) is 88.6 cm³/mol. The fourth-order valence-corrected chi connectivity index (χ4v) is 3.27. The molecule has 0 radical (unpaired) electrons. The summed E-state index contributed by atoms with van der Waals surface area (Å²) in [5, 5.41) is 10.1. The van der Waals surface area contributed by atoms with Gasteiger partial charge in [0.25, 0.3) is 0 Å². The highest BCUT2D eigenvalue weighted by molar-refractivity contribution is 7.99. The molecule has 0 bridgehead atoms. The van der Waals surface area contributed by atoms with E-state index in [1.54, 1.807) is 12.1 Å². The van der Waals surface area contributed by atoms with Gasteiger partial charge in [-0.05, 0) is 32.0 Å². The van der Waals surface area contributed by atoms with E-state index in [1.165, 1.54) is 18.9 Å². The Hall–Kier alpha value is -1.24. The minimum absolute atomic E-state index is 0.108. The summed E-state index contributed by atoms with van der Waals surface area (Å²) >= 11 is 13.5. The normalized spacial score (nSPS) is 11.0. The van der Waals surface area contributed by atoms with Crippen molar-refractivity contribution in [3.8, 4) is 11.4 Å². The van der Waals surface area contributed by atoms with Crippen molar-refractivity contribution in [2.75, 3.05) is 12.9 Å². The van der Waals surface area contributed by atoms with E-state index < -0.39 is 0 Å². The molecule has 0 aliphatic carbocycles. The average Bonchev–Trinajstić information content (AvgIpc) is 2.88. The zero-order chi connectivity index (χ0) is 16.3. The molecule has 1 aromatic heterocycles. The molecule has 0 saturated carbocycles. The third-order valence-electron chi connectivity index (χ3n) is 2.90. The highest BCUT2D eigenvalue weighted by Crippen LogP contribution is 2.33. The van der Waals surface area contributed by atoms with E-state index >= 15 is 0 Å². The zero-order valence-corrected chi connectivity index (χ0v) is 14.7. The van der Waals surface area contributed by atoms with Gasteiger partial charge in [-0.2, -0.15) is 0 Å². The van der Waals surface area contributed by atoms with E-state index in [0.29, 0.717) is 21.0 Å². The first-order valence-electron chi connectivity index (χ1n) is 6.54. The SMILES string of the molecule is COC(=O)CSc1nnc(-c2ccc(Cl)cc2Cl)n1C(C)C. The molecule has 0 fully saturated rings. The summed E-state index contributed by atoms with van der Waals surface area (Å²) in [6, 6.07) is 5.34. The number of rotatable bonds is 5. The number of hydrogen-bond acceptors (Lipinski definition) is 5. The Morgan fingerprint density at radius 1 is 1.36 bits per heavy atom. The van der Waals surface area contributed by atoms with Crippen LogP contribution in [0.3, 0.4) is 0 Å². The van der Waals surface area contributed by atoms with E-state index in [-0.39, 0.29) is 17.8 Å². The lowest BCUT2D eigenvalue weighted by Crippen LogP contribution is -2.08. The lowest BCUT2D eigenvalue weighted by atomic mass is 10.2. The van der Waals surface area contributed by atoms with E-state index in [9.17, 15) is 4.79 Å². The summed E-state index contributed by atoms with van der Waals surface area (Å²) < 4.78 is 6.58. The number of benzene rings is 1. The lowest BCUT2D eigenvalue weighted by molar-refractivity contribution is -0.137. The fourth-order valence-electron chi connectivity index (χ4n) is 1.88. The van der Waals surface area contributed by atoms with Crippen molar-refractivity contribution in [3.05, 3.63) is 28.2 Å². The minimum Gasteiger partial charge on any atom is -0.468 e. The van der Waals surface area contributed by atoms with Crippen molar-refractivity contribution < 1.29 is 9.53 Å². The standard InChI is InChI=1S/C14H15Cl2N3O2S/c1-8(2)19-13(10-5-4-9(15)6-11(10)16)17-18-14(19)22-7-12(20)21-3/h4-6,8H,7H2,1-3H3. The summed E-state index contributed by atoms with van der Waals surface area (Å²) in [6.07, 6.45) is 0. The van der Waals surface area contributed by atoms with Gasteiger partial charge in [-0.3, -0.25) is 9.36 Å². The summed E-state index contributed by atoms with van der Waals surface area (Å²) in [5.41, 5.74) is 0.747. The van der Waals surface area contributed by atoms with Crippen LogP contribution in [0.25, 0.3) is 11.4 Å². The molecule has 118 valence electrons. The first kappa shape index (κ1) is 17.1. The molecule has 2 aromatic rings. The Kier molecular flexibility index (Phi) is 5.72. The molecule has 5 nitrogen and oxygen atoms in total. The molecule has 0 N–H and O–H groups in total. The maximum atomic E-state index is 11.3. The Bertz CT molecular complexity index is 689. The van der Waals surface area contributed by atoms with Crippen LogP contribution in [0.4, 0.5) is 0 Å². The van der Waals surface area contributed by atoms with Crippen LogP contribution in [0.15, 0.2) is 23.4 Å². The van der Waals surface area contributed by atoms with Gasteiger partial charge in [0.1, 0.15) is 0 Å². The number of halogens is 2. The molecule has 0 atom stereocenters. The second-order valence-electron chi connectivity index (χ2n) is 4.76. The minimum atomic E-state index is -0.311. The maximum Gasteiger partial charge on any atom is 0.316 e. The van der Waals surface area contributed by atoms with Crippen LogP contribution in [0, 0.1) is 0 Å². The van der Waals surface area contributed by atoms with Crippen molar-refractivity contribution in [1.82, 2.24) is 14.8 Å². The first-order valence-corrected chi connectivity index (χ1v) is 8.28. The van der Waals surface area contributed by atoms with Crippen LogP contribution in [-0.2, 0) is 9.53 Å². The summed E-state index contributed by atoms with van der Waals surface area (Å²) in [5.74, 6) is 0.508. The van der Waals surface area contributed by atoms with Crippen LogP contribution in [-0.4, -0.2) is 33.6 Å². The van der Waals surface area contributed by atoms with Crippen LogP contribution in [0.1, 0.15) is 19.9 Å². The van der Waals surface area contributed by atoms with Crippen LogP contribution >= 0.6 is 35.0 Å². The number of ether oxygens (including phenoxy) is 1. The van der Waals surface area contributed by atoms with Crippen molar-refractivity contribution in [3.63, 3.8) is 0 Å². The predicted octanol–water partition coefficient (Wildman–Crippen LogP) is 4.10. The third-order valence-corrected chi connectivity index (χ3v) is 4.36. The Balaban J connectivity index is 2.40. The molecule has 0 saturated heterocycles. The van der Waals surface area contributed by atoms with Crippen LogP contribution in [0.5, 0.6) is 0 Å². The van der Waals surface area contributed by atoms with E-state index in [0.717, 1.165) is 5.56 Å². The van der Waals surface area contributed by atoms with Gasteiger partial charge in [0, 0.05) is 16.6 Å². The molecule has 22 heavy (non-hydrogen) atoms. The topological polar surface area (TPSA) is 57.0 Å². The van der Waals surface area contributed by atoms with Gasteiger partial charge in [-0.1, -0.05) is 35.0 Å². The van der Waals surface area contributed by atoms with Crippen LogP contribution < -0.4 is 0 Å². The lowest BCUT2D eigenvalue weighted by Gasteiger charge is -2.14. The van der Waals surface area contributed by atoms with Gasteiger partial charge < -0.3 is 4.74 Å². The molecular formula is C14H15Cl2N3O2S. The van der Waals surface area contributed by atoms with Crippen molar-refractivity contribution >= 4 is 40.9 Å². The monoisotopic (exact) mass is 359 g/mol. The summed E-state index contributed by atoms with van der Waals surface area (Å²) in [4.78, 5) is 11.3. The summed E-state index contributed by atoms with van der Waals surface area (Å²) in [7, 11) is 1.36. The van der Waals surface area contributed by atoms with Gasteiger partial charge in [0.15, 0.2) is 11.0 Å². The average molecular weight is 360 g/mol. The number of carbonyl (C=O) groups is 1. The van der Waals surface area contributed by atoms with Gasteiger partial charge in [-0.15, -0.1) is 10.2 Å². The van der Waals surface area contributed by atoms with E-state index in [4.69, 9.17) is 23.2 Å². The van der Waals surface area contributed by atoms with Gasteiger partial charge >= 0.3 is 5.97 Å². The fraction of sp³-hybridized carbons (Fsp3) is 0.357. The number of methoxy groups -OCH3 is 1. The Morgan fingerprint density at radius 3 is 2.68 bits per heavy atom. The number of thioether (sulfide) groups is 1. The molecule has 0 aliphatic rings. The number of nitrogens with zero attached hydrogens (tertiary/aromatic N) is 3. The smallest absolute Gasteiger partial charge is 0.316 e. The molecule has 2 rings (SSSR count). The number of aromatic nitrogens is 3. The Morgan fingerprint density at radius 2 is 2.09 bits per heavy atom. The molecule has 0 spiro atoms. The van der Waals surface area contributed by atoms with E-state index in [2.05, 4.69) is 14.9 Å². The Labute approximate surface area is 143 Å². The maximum absolute atomic E-state index is 11.3. The molecule has 1 aromatic carbocycles. The molecule has 1 heterocycles. The zero-order valence-electron chi connectivity index (χ0n) is 12.3. The second kappa shape index (κ2) is 7.35. The highest BCUT2D eigenvalue weighted by Gasteiger charge is 2.19. The molecule has 8 heteroatoms. The first-order chi connectivity index (χ1) is 10.4. The molecule has 0 amide bonds. The van der Waals surface area contributed by atoms with Crippen molar-refractivity contribution in [2.45, 2.75) is 25.0 Å². The van der Waals surface area contributed by atoms with Crippen molar-refractivity contribution in [1.29, 1.82) is 0 Å². The molecule has 0 aliphatic heterocycles. The number of hydrogen-bond donors (Lipinski definition) is 0. The number of esters is 1. The quantitative estimate of drug-likeness (QED) is 0.594. The largest absolute Gasteiger partial charge is 0.468 e. The van der Waals surface area contributed by atoms with Crippen molar-refractivity contribution in [2.24, 2.45) is 0 Å².